The molecule has 1 N–H and O–H groups in total. The molecule has 0 fully saturated rings. The van der Waals surface area contributed by atoms with Gasteiger partial charge in [-0.3, -0.25) is 14.9 Å². The maximum Gasteiger partial charge on any atom is 0.325 e. The molecule has 3 aromatic rings. The zero-order valence-electron chi connectivity index (χ0n) is 18.8. The number of nitrogens with zero attached hydrogens (tertiary/aromatic N) is 5. The number of allylic oxidation sites excluding steroid dienone is 1. The molecule has 4 heterocycles. The molecule has 0 saturated carbocycles. The van der Waals surface area contributed by atoms with E-state index in [4.69, 9.17) is 0 Å². The molecule has 1 unspecified atom stereocenters. The molecule has 0 spiro atoms. The Kier molecular flexibility index (Phi) is 7.11. The van der Waals surface area contributed by atoms with Crippen LogP contribution in [0.4, 0.5) is 4.39 Å². The summed E-state index contributed by atoms with van der Waals surface area (Å²) in [5, 5.41) is 4.00. The van der Waals surface area contributed by atoms with Gasteiger partial charge < -0.3 is 13.9 Å². The number of carbonyl (C=O) groups is 2. The first-order valence-electron chi connectivity index (χ1n) is 10.4. The maximum absolute atomic E-state index is 13.4. The fourth-order valence-electron chi connectivity index (χ4n) is 3.32. The van der Waals surface area contributed by atoms with Crippen molar-refractivity contribution in [3.63, 3.8) is 0 Å². The molecule has 0 aromatic carbocycles. The predicted octanol–water partition coefficient (Wildman–Crippen LogP) is 2.15. The average Bonchev–Trinajstić information content (AvgIpc) is 3.52. The van der Waals surface area contributed by atoms with Crippen LogP contribution in [0.3, 0.4) is 0 Å². The lowest BCUT2D eigenvalue weighted by atomic mass is 10.2. The van der Waals surface area contributed by atoms with Crippen LogP contribution >= 0.6 is 0 Å². The molecular formula is C23H21FN6O4S. The summed E-state index contributed by atoms with van der Waals surface area (Å²) in [6.45, 7) is 2.11. The summed E-state index contributed by atoms with van der Waals surface area (Å²) in [5.74, 6) is -1.49. The van der Waals surface area contributed by atoms with Crippen LogP contribution in [0.5, 0.6) is 0 Å². The topological polar surface area (TPSA) is 120 Å². The third-order valence-electron chi connectivity index (χ3n) is 5.15. The summed E-state index contributed by atoms with van der Waals surface area (Å²) in [6.07, 6.45) is 7.87. The van der Waals surface area contributed by atoms with Crippen LogP contribution < -0.4 is 5.32 Å². The van der Waals surface area contributed by atoms with Gasteiger partial charge >= 0.3 is 5.97 Å². The van der Waals surface area contributed by atoms with Gasteiger partial charge in [0.1, 0.15) is 23.0 Å². The standard InChI is InChI=1S/C23H21FN6O4S/c1-15-18(26-14-30(15)12-21(31)34-2)6-5-17-13-35(33)23(27-17)28-22(32)19-4-3-9-29(19)11-16-7-8-25-20(24)10-16/h3-10,13-14H,11-12H2,1-2H3,(H,27,28,32)/b6-5+. The van der Waals surface area contributed by atoms with E-state index in [1.54, 1.807) is 52.6 Å². The van der Waals surface area contributed by atoms with Crippen molar-refractivity contribution < 1.29 is 22.9 Å². The SMILES string of the molecule is COC(=O)Cn1cnc(/C=C/C2=CS(=O)C(NC(=O)c3cccn3Cc3ccnc(F)c3)=N2)c1C. The van der Waals surface area contributed by atoms with E-state index in [9.17, 15) is 18.2 Å². The Morgan fingerprint density at radius 3 is 2.83 bits per heavy atom. The number of hydrogen-bond donors (Lipinski definition) is 1. The third-order valence-corrected chi connectivity index (χ3v) is 6.18. The van der Waals surface area contributed by atoms with Crippen molar-refractivity contribution in [2.24, 2.45) is 4.99 Å². The third kappa shape index (κ3) is 5.66. The highest BCUT2D eigenvalue weighted by atomic mass is 32.2. The smallest absolute Gasteiger partial charge is 0.325 e. The van der Waals surface area contributed by atoms with Gasteiger partial charge in [-0.25, -0.2) is 19.2 Å². The molecule has 0 aliphatic carbocycles. The summed E-state index contributed by atoms with van der Waals surface area (Å²) < 4.78 is 33.8. The minimum Gasteiger partial charge on any atom is -0.468 e. The number of methoxy groups -OCH3 is 1. The van der Waals surface area contributed by atoms with Gasteiger partial charge in [-0.15, -0.1) is 0 Å². The second-order valence-electron chi connectivity index (χ2n) is 7.47. The van der Waals surface area contributed by atoms with Gasteiger partial charge in [-0.2, -0.15) is 4.39 Å². The molecule has 12 heteroatoms. The number of nitrogens with one attached hydrogen (secondary N) is 1. The summed E-state index contributed by atoms with van der Waals surface area (Å²) in [6, 6.07) is 6.24. The second kappa shape index (κ2) is 10.4. The van der Waals surface area contributed by atoms with E-state index >= 15 is 0 Å². The Hall–Kier alpha value is -4.19. The number of rotatable bonds is 7. The van der Waals surface area contributed by atoms with Crippen molar-refractivity contribution in [1.82, 2.24) is 24.4 Å². The highest BCUT2D eigenvalue weighted by Gasteiger charge is 2.20. The van der Waals surface area contributed by atoms with Crippen molar-refractivity contribution in [2.45, 2.75) is 20.0 Å². The largest absolute Gasteiger partial charge is 0.468 e. The lowest BCUT2D eigenvalue weighted by Crippen LogP contribution is -2.33. The highest BCUT2D eigenvalue weighted by Crippen LogP contribution is 2.16. The van der Waals surface area contributed by atoms with E-state index in [-0.39, 0.29) is 24.2 Å². The van der Waals surface area contributed by atoms with Crippen molar-refractivity contribution in [2.75, 3.05) is 7.11 Å². The van der Waals surface area contributed by atoms with Gasteiger partial charge in [0.15, 0.2) is 0 Å². The van der Waals surface area contributed by atoms with Gasteiger partial charge in [-0.1, -0.05) is 0 Å². The zero-order chi connectivity index (χ0) is 24.9. The Bertz CT molecular complexity index is 1400. The normalized spacial score (nSPS) is 15.2. The molecule has 180 valence electrons. The second-order valence-corrected chi connectivity index (χ2v) is 8.69. The Labute approximate surface area is 202 Å². The van der Waals surface area contributed by atoms with Crippen LogP contribution in [-0.4, -0.2) is 47.5 Å². The molecule has 0 radical (unpaired) electrons. The number of esters is 1. The molecule has 1 aliphatic rings. The summed E-state index contributed by atoms with van der Waals surface area (Å²) in [5.41, 5.74) is 2.70. The van der Waals surface area contributed by atoms with Crippen LogP contribution in [-0.2, 0) is 33.4 Å². The molecule has 1 atom stereocenters. The van der Waals surface area contributed by atoms with Crippen molar-refractivity contribution in [3.05, 3.63) is 88.8 Å². The maximum atomic E-state index is 13.4. The molecule has 0 saturated heterocycles. The molecule has 1 amide bonds. The quantitative estimate of drug-likeness (QED) is 0.395. The van der Waals surface area contributed by atoms with E-state index in [0.717, 1.165) is 5.69 Å². The van der Waals surface area contributed by atoms with Crippen LogP contribution in [0.15, 0.2) is 65.2 Å². The molecule has 35 heavy (non-hydrogen) atoms. The Morgan fingerprint density at radius 1 is 1.23 bits per heavy atom. The van der Waals surface area contributed by atoms with E-state index < -0.39 is 22.7 Å². The van der Waals surface area contributed by atoms with Crippen LogP contribution in [0.25, 0.3) is 6.08 Å². The van der Waals surface area contributed by atoms with Crippen molar-refractivity contribution in [1.29, 1.82) is 0 Å². The van der Waals surface area contributed by atoms with Crippen molar-refractivity contribution >= 4 is 33.9 Å². The molecular weight excluding hydrogens is 475 g/mol. The molecule has 3 aromatic heterocycles. The molecule has 10 nitrogen and oxygen atoms in total. The van der Waals surface area contributed by atoms with E-state index in [1.165, 1.54) is 31.1 Å². The van der Waals surface area contributed by atoms with Gasteiger partial charge in [0.2, 0.25) is 11.1 Å². The number of carbonyl (C=O) groups excluding carboxylic acids is 2. The number of hydrogen-bond acceptors (Lipinski definition) is 7. The highest BCUT2D eigenvalue weighted by molar-refractivity contribution is 8.03. The number of halogens is 1. The average molecular weight is 497 g/mol. The van der Waals surface area contributed by atoms with Gasteiger partial charge in [0.05, 0.1) is 24.8 Å². The van der Waals surface area contributed by atoms with Gasteiger partial charge in [-0.05, 0) is 48.9 Å². The fourth-order valence-corrected chi connectivity index (χ4v) is 4.17. The van der Waals surface area contributed by atoms with Crippen molar-refractivity contribution in [3.8, 4) is 0 Å². The minimum absolute atomic E-state index is 0.00491. The number of aliphatic imine (C=N–C) groups is 1. The number of amides is 1. The molecule has 0 bridgehead atoms. The first-order valence-corrected chi connectivity index (χ1v) is 11.6. The molecule has 1 aliphatic heterocycles. The first kappa shape index (κ1) is 24.0. The van der Waals surface area contributed by atoms with E-state index in [2.05, 4.69) is 25.0 Å². The lowest BCUT2D eigenvalue weighted by Gasteiger charge is -2.09. The van der Waals surface area contributed by atoms with Crippen LogP contribution in [0, 0.1) is 12.9 Å². The number of imidazole rings is 1. The van der Waals surface area contributed by atoms with Gasteiger partial charge in [0.25, 0.3) is 5.91 Å². The minimum atomic E-state index is -1.64. The summed E-state index contributed by atoms with van der Waals surface area (Å²) in [7, 11) is -0.321. The predicted molar refractivity (Wildman–Crippen MR) is 127 cm³/mol. The van der Waals surface area contributed by atoms with E-state index in [0.29, 0.717) is 22.6 Å². The summed E-state index contributed by atoms with van der Waals surface area (Å²) >= 11 is 0. The van der Waals surface area contributed by atoms with E-state index in [1.807, 2.05) is 0 Å². The van der Waals surface area contributed by atoms with Crippen LogP contribution in [0.2, 0.25) is 0 Å². The van der Waals surface area contributed by atoms with Gasteiger partial charge in [0, 0.05) is 30.0 Å². The lowest BCUT2D eigenvalue weighted by molar-refractivity contribution is -0.141. The Morgan fingerprint density at radius 2 is 2.06 bits per heavy atom. The van der Waals surface area contributed by atoms with Crippen LogP contribution in [0.1, 0.15) is 27.4 Å². The number of ether oxygens (including phenoxy) is 1. The number of amidine groups is 1. The zero-order valence-corrected chi connectivity index (χ0v) is 19.7. The number of pyridine rings is 1. The number of aromatic nitrogens is 4. The molecule has 4 rings (SSSR count). The fraction of sp³-hybridized carbons (Fsp3) is 0.174. The summed E-state index contributed by atoms with van der Waals surface area (Å²) in [4.78, 5) is 36.3. The first-order chi connectivity index (χ1) is 16.8. The Balaban J connectivity index is 1.43. The monoisotopic (exact) mass is 496 g/mol.